The first-order chi connectivity index (χ1) is 13.5. The lowest BCUT2D eigenvalue weighted by Crippen LogP contribution is -2.10. The molecule has 0 aliphatic rings. The second-order valence-electron chi connectivity index (χ2n) is 7.11. The highest BCUT2D eigenvalue weighted by atomic mass is 31.2. The summed E-state index contributed by atoms with van der Waals surface area (Å²) in [6.07, 6.45) is -0.115. The smallest absolute Gasteiger partial charge is 0.310 e. The van der Waals surface area contributed by atoms with Crippen molar-refractivity contribution in [2.75, 3.05) is 6.16 Å². The number of rotatable bonds is 8. The fourth-order valence-corrected chi connectivity index (χ4v) is 4.02. The van der Waals surface area contributed by atoms with Gasteiger partial charge in [-0.3, -0.25) is 19.1 Å². The molecule has 0 radical (unpaired) electrons. The molecule has 1 aromatic heterocycles. The molecule has 2 aromatic rings. The van der Waals surface area contributed by atoms with Crippen LogP contribution in [0.2, 0.25) is 0 Å². The normalized spacial score (nSPS) is 13.6. The molecule has 29 heavy (non-hydrogen) atoms. The highest BCUT2D eigenvalue weighted by Crippen LogP contribution is 2.44. The van der Waals surface area contributed by atoms with E-state index in [1.807, 2.05) is 20.8 Å². The van der Waals surface area contributed by atoms with Gasteiger partial charge in [0.25, 0.3) is 0 Å². The Kier molecular flexibility index (Phi) is 7.22. The molecule has 0 amide bonds. The molecule has 0 aliphatic heterocycles. The first-order valence-electron chi connectivity index (χ1n) is 9.00. The number of benzene rings is 1. The number of nitrogens with zero attached hydrogens (tertiary/aromatic N) is 1. The maximum atomic E-state index is 13.3. The van der Waals surface area contributed by atoms with E-state index in [2.05, 4.69) is 4.98 Å². The summed E-state index contributed by atoms with van der Waals surface area (Å²) >= 11 is 0. The van der Waals surface area contributed by atoms with Crippen LogP contribution in [0.1, 0.15) is 43.1 Å². The van der Waals surface area contributed by atoms with Gasteiger partial charge in [0.15, 0.2) is 5.78 Å². The van der Waals surface area contributed by atoms with Crippen molar-refractivity contribution in [3.8, 4) is 11.1 Å². The number of hydrogen-bond acceptors (Lipinski definition) is 4. The van der Waals surface area contributed by atoms with Crippen LogP contribution >= 0.6 is 7.37 Å². The third-order valence-electron chi connectivity index (χ3n) is 4.14. The van der Waals surface area contributed by atoms with Gasteiger partial charge in [0.1, 0.15) is 12.2 Å². The molecule has 0 aliphatic carbocycles. The largest absolute Gasteiger partial charge is 0.481 e. The van der Waals surface area contributed by atoms with Gasteiger partial charge in [-0.15, -0.1) is 0 Å². The summed E-state index contributed by atoms with van der Waals surface area (Å²) in [5.74, 6) is -1.50. The van der Waals surface area contributed by atoms with Crippen molar-refractivity contribution < 1.29 is 28.5 Å². The zero-order valence-corrected chi connectivity index (χ0v) is 17.3. The summed E-state index contributed by atoms with van der Waals surface area (Å²) in [5, 5.41) is 8.65. The van der Waals surface area contributed by atoms with Gasteiger partial charge in [-0.1, -0.05) is 26.0 Å². The zero-order valence-electron chi connectivity index (χ0n) is 16.4. The lowest BCUT2D eigenvalue weighted by atomic mass is 9.94. The summed E-state index contributed by atoms with van der Waals surface area (Å²) in [4.78, 5) is 36.9. The minimum absolute atomic E-state index is 0.000434. The van der Waals surface area contributed by atoms with Crippen LogP contribution in [0.25, 0.3) is 17.2 Å². The van der Waals surface area contributed by atoms with Crippen LogP contribution < -0.4 is 0 Å². The Bertz CT molecular complexity index is 999. The third-order valence-corrected chi connectivity index (χ3v) is 5.56. The van der Waals surface area contributed by atoms with Crippen LogP contribution in [0.5, 0.6) is 0 Å². The Balaban J connectivity index is 2.51. The van der Waals surface area contributed by atoms with Crippen LogP contribution in [0.4, 0.5) is 4.39 Å². The number of hydrogen-bond donors (Lipinski definition) is 2. The van der Waals surface area contributed by atoms with E-state index in [0.29, 0.717) is 22.4 Å². The van der Waals surface area contributed by atoms with E-state index in [0.717, 1.165) is 11.5 Å². The Morgan fingerprint density at radius 1 is 1.24 bits per heavy atom. The Morgan fingerprint density at radius 2 is 1.86 bits per heavy atom. The van der Waals surface area contributed by atoms with E-state index < -0.39 is 31.7 Å². The molecule has 154 valence electrons. The maximum Gasteiger partial charge on any atom is 0.310 e. The molecular formula is C21H23FNO5P. The second kappa shape index (κ2) is 9.25. The van der Waals surface area contributed by atoms with Gasteiger partial charge in [0.05, 0.1) is 11.9 Å². The van der Waals surface area contributed by atoms with Crippen LogP contribution in [-0.4, -0.2) is 32.9 Å². The zero-order chi connectivity index (χ0) is 21.8. The number of aliphatic carboxylic acids is 1. The highest BCUT2D eigenvalue weighted by Gasteiger charge is 2.22. The molecular weight excluding hydrogens is 396 g/mol. The number of carboxylic acid groups (broad SMARTS) is 1. The summed E-state index contributed by atoms with van der Waals surface area (Å²) in [6, 6.07) is 7.68. The molecule has 2 rings (SSSR count). The van der Waals surface area contributed by atoms with Gasteiger partial charge >= 0.3 is 5.97 Å². The molecule has 6 nitrogen and oxygen atoms in total. The van der Waals surface area contributed by atoms with E-state index >= 15 is 0 Å². The average molecular weight is 419 g/mol. The van der Waals surface area contributed by atoms with Crippen LogP contribution in [0, 0.1) is 12.7 Å². The highest BCUT2D eigenvalue weighted by molar-refractivity contribution is 7.62. The number of halogens is 1. The molecule has 2 N–H and O–H groups in total. The summed E-state index contributed by atoms with van der Waals surface area (Å²) in [6.45, 7) is 5.69. The van der Waals surface area contributed by atoms with Crippen molar-refractivity contribution in [2.45, 2.75) is 33.1 Å². The van der Waals surface area contributed by atoms with Crippen molar-refractivity contribution in [3.63, 3.8) is 0 Å². The topological polar surface area (TPSA) is 105 Å². The van der Waals surface area contributed by atoms with Gasteiger partial charge in [-0.25, -0.2) is 4.39 Å². The van der Waals surface area contributed by atoms with Crippen molar-refractivity contribution >= 4 is 25.2 Å². The molecule has 0 fully saturated rings. The number of carbonyl (C=O) groups excluding carboxylic acids is 1. The predicted molar refractivity (Wildman–Crippen MR) is 109 cm³/mol. The van der Waals surface area contributed by atoms with Crippen LogP contribution in [0.15, 0.2) is 36.1 Å². The maximum absolute atomic E-state index is 13.3. The molecule has 0 saturated heterocycles. The number of pyridine rings is 1. The van der Waals surface area contributed by atoms with Crippen molar-refractivity contribution in [1.29, 1.82) is 0 Å². The van der Waals surface area contributed by atoms with Crippen molar-refractivity contribution in [3.05, 3.63) is 58.9 Å². The predicted octanol–water partition coefficient (Wildman–Crippen LogP) is 4.60. The first-order valence-corrected chi connectivity index (χ1v) is 10.9. The second-order valence-corrected chi connectivity index (χ2v) is 9.24. The SMILES string of the molecule is Cc1cc(-c2ccc(F)cc2)c(C=CP(=O)(O)CC(=O)CC(=O)O)c(C(C)C)n1. The average Bonchev–Trinajstić information content (AvgIpc) is 2.59. The fourth-order valence-electron chi connectivity index (χ4n) is 2.91. The number of carboxylic acids is 1. The van der Waals surface area contributed by atoms with Gasteiger partial charge in [-0.05, 0) is 48.2 Å². The number of aryl methyl sites for hydroxylation is 1. The van der Waals surface area contributed by atoms with Gasteiger partial charge in [0, 0.05) is 17.1 Å². The van der Waals surface area contributed by atoms with Crippen molar-refractivity contribution in [1.82, 2.24) is 4.98 Å². The lowest BCUT2D eigenvalue weighted by molar-refractivity contribution is -0.139. The van der Waals surface area contributed by atoms with E-state index in [4.69, 9.17) is 5.11 Å². The number of aromatic nitrogens is 1. The molecule has 0 spiro atoms. The molecule has 1 unspecified atom stereocenters. The lowest BCUT2D eigenvalue weighted by Gasteiger charge is -2.16. The van der Waals surface area contributed by atoms with E-state index in [1.54, 1.807) is 18.2 Å². The van der Waals surface area contributed by atoms with Gasteiger partial charge in [0.2, 0.25) is 7.37 Å². The fraction of sp³-hybridized carbons (Fsp3) is 0.286. The summed E-state index contributed by atoms with van der Waals surface area (Å²) in [7, 11) is -4.03. The monoisotopic (exact) mass is 419 g/mol. The molecule has 8 heteroatoms. The first kappa shape index (κ1) is 22.7. The minimum Gasteiger partial charge on any atom is -0.481 e. The van der Waals surface area contributed by atoms with Gasteiger partial charge in [-0.2, -0.15) is 0 Å². The standard InChI is InChI=1S/C21H23FNO5P/c1-13(2)21-18(8-9-29(27,28)12-17(24)11-20(25)26)19(10-14(3)23-21)15-4-6-16(22)7-5-15/h4-10,13H,11-12H2,1-3H3,(H,25,26)(H,27,28). The Hall–Kier alpha value is -2.63. The van der Waals surface area contributed by atoms with Crippen molar-refractivity contribution in [2.24, 2.45) is 0 Å². The molecule has 0 saturated carbocycles. The number of carbonyl (C=O) groups is 2. The van der Waals surface area contributed by atoms with E-state index in [-0.39, 0.29) is 11.7 Å². The molecule has 1 heterocycles. The number of ketones is 1. The molecule has 1 atom stereocenters. The summed E-state index contributed by atoms with van der Waals surface area (Å²) in [5.41, 5.74) is 3.46. The molecule has 1 aromatic carbocycles. The Morgan fingerprint density at radius 3 is 2.41 bits per heavy atom. The summed E-state index contributed by atoms with van der Waals surface area (Å²) < 4.78 is 25.7. The third kappa shape index (κ3) is 6.44. The molecule has 0 bridgehead atoms. The van der Waals surface area contributed by atoms with Crippen LogP contribution in [-0.2, 0) is 14.2 Å². The van der Waals surface area contributed by atoms with Gasteiger partial charge < -0.3 is 10.00 Å². The Labute approximate surface area is 168 Å². The number of Topliss-reactive ketones (excluding diaryl/α,β-unsaturated/α-hetero) is 1. The minimum atomic E-state index is -4.03. The quantitative estimate of drug-likeness (QED) is 0.479. The van der Waals surface area contributed by atoms with E-state index in [1.165, 1.54) is 18.2 Å². The van der Waals surface area contributed by atoms with E-state index in [9.17, 15) is 23.4 Å². The van der Waals surface area contributed by atoms with Crippen LogP contribution in [0.3, 0.4) is 0 Å².